The minimum Gasteiger partial charge on any atom is -0.313 e. The summed E-state index contributed by atoms with van der Waals surface area (Å²) in [5.41, 5.74) is 0.239. The molecule has 0 aromatic carbocycles. The van der Waals surface area contributed by atoms with Gasteiger partial charge in [-0.1, -0.05) is 12.8 Å². The van der Waals surface area contributed by atoms with Crippen LogP contribution in [0.1, 0.15) is 53.4 Å². The molecule has 0 amide bonds. The summed E-state index contributed by atoms with van der Waals surface area (Å²) >= 11 is 0. The molecule has 0 radical (unpaired) electrons. The lowest BCUT2D eigenvalue weighted by molar-refractivity contribution is 0.372. The van der Waals surface area contributed by atoms with Crippen molar-refractivity contribution in [3.63, 3.8) is 0 Å². The predicted octanol–water partition coefficient (Wildman–Crippen LogP) is 2.54. The van der Waals surface area contributed by atoms with Crippen LogP contribution in [0.15, 0.2) is 0 Å². The highest BCUT2D eigenvalue weighted by Gasteiger charge is 2.16. The fourth-order valence-corrected chi connectivity index (χ4v) is 2.11. The minimum atomic E-state index is 0.239. The summed E-state index contributed by atoms with van der Waals surface area (Å²) in [5.74, 6) is 0.946. The molecule has 15 heavy (non-hydrogen) atoms. The van der Waals surface area contributed by atoms with Crippen LogP contribution in [-0.4, -0.2) is 24.7 Å². The molecule has 0 heterocycles. The van der Waals surface area contributed by atoms with E-state index in [1.165, 1.54) is 32.2 Å². The molecule has 90 valence electrons. The van der Waals surface area contributed by atoms with Crippen LogP contribution in [0, 0.1) is 5.92 Å². The molecule has 2 nitrogen and oxygen atoms in total. The summed E-state index contributed by atoms with van der Waals surface area (Å²) in [6.45, 7) is 11.2. The van der Waals surface area contributed by atoms with E-state index < -0.39 is 0 Å². The first-order valence-corrected chi connectivity index (χ1v) is 6.46. The van der Waals surface area contributed by atoms with E-state index in [0.717, 1.165) is 12.5 Å². The Labute approximate surface area is 95.2 Å². The third-order valence-corrected chi connectivity index (χ3v) is 3.17. The zero-order valence-corrected chi connectivity index (χ0v) is 10.9. The van der Waals surface area contributed by atoms with Crippen molar-refractivity contribution in [1.82, 2.24) is 10.6 Å². The van der Waals surface area contributed by atoms with Crippen molar-refractivity contribution in [1.29, 1.82) is 0 Å². The van der Waals surface area contributed by atoms with E-state index in [1.54, 1.807) is 0 Å². The van der Waals surface area contributed by atoms with Gasteiger partial charge in [-0.05, 0) is 53.0 Å². The van der Waals surface area contributed by atoms with E-state index in [4.69, 9.17) is 0 Å². The second-order valence-corrected chi connectivity index (χ2v) is 6.09. The van der Waals surface area contributed by atoms with E-state index in [1.807, 2.05) is 0 Å². The fraction of sp³-hybridized carbons (Fsp3) is 1.00. The number of hydrogen-bond donors (Lipinski definition) is 2. The number of hydrogen-bond acceptors (Lipinski definition) is 2. The normalized spacial score (nSPS) is 20.8. The van der Waals surface area contributed by atoms with Crippen molar-refractivity contribution in [2.75, 3.05) is 13.1 Å². The second-order valence-electron chi connectivity index (χ2n) is 6.09. The quantitative estimate of drug-likeness (QED) is 0.732. The Morgan fingerprint density at radius 3 is 2.33 bits per heavy atom. The van der Waals surface area contributed by atoms with E-state index >= 15 is 0 Å². The molecule has 0 aromatic rings. The van der Waals surface area contributed by atoms with Crippen LogP contribution >= 0.6 is 0 Å². The van der Waals surface area contributed by atoms with Crippen LogP contribution in [-0.2, 0) is 0 Å². The molecule has 1 aliphatic rings. The lowest BCUT2D eigenvalue weighted by Crippen LogP contribution is -2.45. The van der Waals surface area contributed by atoms with Crippen LogP contribution in [0.2, 0.25) is 0 Å². The topological polar surface area (TPSA) is 24.1 Å². The average Bonchev–Trinajstić information content (AvgIpc) is 2.62. The monoisotopic (exact) mass is 212 g/mol. The van der Waals surface area contributed by atoms with Crippen LogP contribution in [0.4, 0.5) is 0 Å². The SMILES string of the molecule is CC(CNC(C)(C)C)NCC1CCCC1. The van der Waals surface area contributed by atoms with Gasteiger partial charge in [-0.15, -0.1) is 0 Å². The fourth-order valence-electron chi connectivity index (χ4n) is 2.11. The maximum absolute atomic E-state index is 3.63. The molecule has 1 unspecified atom stereocenters. The summed E-state index contributed by atoms with van der Waals surface area (Å²) in [6, 6.07) is 0.588. The highest BCUT2D eigenvalue weighted by Crippen LogP contribution is 2.23. The Morgan fingerprint density at radius 1 is 1.20 bits per heavy atom. The van der Waals surface area contributed by atoms with Crippen molar-refractivity contribution >= 4 is 0 Å². The first-order chi connectivity index (χ1) is 6.97. The van der Waals surface area contributed by atoms with E-state index in [9.17, 15) is 0 Å². The van der Waals surface area contributed by atoms with Gasteiger partial charge in [0.1, 0.15) is 0 Å². The van der Waals surface area contributed by atoms with Gasteiger partial charge in [0.25, 0.3) is 0 Å². The third-order valence-electron chi connectivity index (χ3n) is 3.17. The van der Waals surface area contributed by atoms with Gasteiger partial charge in [-0.2, -0.15) is 0 Å². The Kier molecular flexibility index (Phi) is 5.07. The van der Waals surface area contributed by atoms with Crippen LogP contribution in [0.25, 0.3) is 0 Å². The Morgan fingerprint density at radius 2 is 1.80 bits per heavy atom. The molecular formula is C13H28N2. The van der Waals surface area contributed by atoms with Gasteiger partial charge in [-0.25, -0.2) is 0 Å². The molecule has 2 N–H and O–H groups in total. The Hall–Kier alpha value is -0.0800. The van der Waals surface area contributed by atoms with Gasteiger partial charge in [0, 0.05) is 18.1 Å². The largest absolute Gasteiger partial charge is 0.313 e. The molecule has 1 atom stereocenters. The molecule has 0 saturated heterocycles. The molecule has 0 aromatic heterocycles. The standard InChI is InChI=1S/C13H28N2/c1-11(9-15-13(2,3)4)14-10-12-7-5-6-8-12/h11-12,14-15H,5-10H2,1-4H3. The first-order valence-electron chi connectivity index (χ1n) is 6.46. The summed E-state index contributed by atoms with van der Waals surface area (Å²) in [6.07, 6.45) is 5.76. The van der Waals surface area contributed by atoms with Crippen molar-refractivity contribution in [3.8, 4) is 0 Å². The van der Waals surface area contributed by atoms with Gasteiger partial charge in [0.05, 0.1) is 0 Å². The van der Waals surface area contributed by atoms with Crippen LogP contribution < -0.4 is 10.6 Å². The third kappa shape index (κ3) is 6.16. The highest BCUT2D eigenvalue weighted by atomic mass is 15.0. The Bertz CT molecular complexity index is 166. The minimum absolute atomic E-state index is 0.239. The van der Waals surface area contributed by atoms with Crippen molar-refractivity contribution < 1.29 is 0 Å². The maximum atomic E-state index is 3.63. The highest BCUT2D eigenvalue weighted by molar-refractivity contribution is 4.76. The lowest BCUT2D eigenvalue weighted by atomic mass is 10.1. The molecule has 1 aliphatic carbocycles. The zero-order chi connectivity index (χ0) is 11.3. The van der Waals surface area contributed by atoms with Crippen LogP contribution in [0.3, 0.4) is 0 Å². The second kappa shape index (κ2) is 5.86. The zero-order valence-electron chi connectivity index (χ0n) is 10.9. The smallest absolute Gasteiger partial charge is 0.0164 e. The molecular weight excluding hydrogens is 184 g/mol. The first kappa shape index (κ1) is 13.0. The summed E-state index contributed by atoms with van der Waals surface area (Å²) in [4.78, 5) is 0. The molecule has 0 aliphatic heterocycles. The van der Waals surface area contributed by atoms with Gasteiger partial charge in [0.15, 0.2) is 0 Å². The number of nitrogens with one attached hydrogen (secondary N) is 2. The molecule has 0 spiro atoms. The van der Waals surface area contributed by atoms with Gasteiger partial charge >= 0.3 is 0 Å². The Balaban J connectivity index is 2.05. The van der Waals surface area contributed by atoms with Crippen LogP contribution in [0.5, 0.6) is 0 Å². The predicted molar refractivity (Wildman–Crippen MR) is 67.2 cm³/mol. The molecule has 2 heteroatoms. The van der Waals surface area contributed by atoms with Crippen molar-refractivity contribution in [3.05, 3.63) is 0 Å². The van der Waals surface area contributed by atoms with E-state index in [0.29, 0.717) is 6.04 Å². The number of rotatable bonds is 5. The molecule has 1 fully saturated rings. The van der Waals surface area contributed by atoms with E-state index in [-0.39, 0.29) is 5.54 Å². The van der Waals surface area contributed by atoms with E-state index in [2.05, 4.69) is 38.3 Å². The molecule has 0 bridgehead atoms. The summed E-state index contributed by atoms with van der Waals surface area (Å²) in [5, 5.41) is 7.17. The van der Waals surface area contributed by atoms with Crippen molar-refractivity contribution in [2.45, 2.75) is 65.0 Å². The van der Waals surface area contributed by atoms with Crippen molar-refractivity contribution in [2.24, 2.45) is 5.92 Å². The molecule has 1 rings (SSSR count). The van der Waals surface area contributed by atoms with Gasteiger partial charge in [-0.3, -0.25) is 0 Å². The maximum Gasteiger partial charge on any atom is 0.0164 e. The van der Waals surface area contributed by atoms with Gasteiger partial charge < -0.3 is 10.6 Å². The summed E-state index contributed by atoms with van der Waals surface area (Å²) in [7, 11) is 0. The molecule has 1 saturated carbocycles. The average molecular weight is 212 g/mol. The lowest BCUT2D eigenvalue weighted by Gasteiger charge is -2.24. The summed E-state index contributed by atoms with van der Waals surface area (Å²) < 4.78 is 0. The van der Waals surface area contributed by atoms with Gasteiger partial charge in [0.2, 0.25) is 0 Å².